The Bertz CT molecular complexity index is 476. The number of carbonyl (C=O) groups excluding carboxylic acids is 1. The number of hydrogen-bond donors (Lipinski definition) is 1. The van der Waals surface area contributed by atoms with Crippen molar-refractivity contribution in [3.05, 3.63) is 23.8 Å². The Kier molecular flexibility index (Phi) is 4.84. The fraction of sp³-hybridized carbons (Fsp3) is 0.533. The molecule has 0 bridgehead atoms. The number of ether oxygens (including phenoxy) is 2. The highest BCUT2D eigenvalue weighted by molar-refractivity contribution is 5.78. The van der Waals surface area contributed by atoms with Crippen LogP contribution in [0, 0.1) is 6.92 Å². The third-order valence-corrected chi connectivity index (χ3v) is 3.49. The van der Waals surface area contributed by atoms with Crippen LogP contribution >= 0.6 is 0 Å². The molecule has 0 unspecified atom stereocenters. The van der Waals surface area contributed by atoms with E-state index in [4.69, 9.17) is 9.47 Å². The van der Waals surface area contributed by atoms with E-state index < -0.39 is 0 Å². The van der Waals surface area contributed by atoms with Crippen molar-refractivity contribution >= 4 is 5.91 Å². The first-order valence-electron chi connectivity index (χ1n) is 6.89. The highest BCUT2D eigenvalue weighted by Crippen LogP contribution is 2.27. The number of nitrogens with one attached hydrogen (secondary N) is 1. The zero-order chi connectivity index (χ0) is 14.5. The number of amides is 1. The summed E-state index contributed by atoms with van der Waals surface area (Å²) in [7, 11) is 1.60. The molecule has 0 aliphatic carbocycles. The number of methoxy groups -OCH3 is 1. The van der Waals surface area contributed by atoms with Crippen molar-refractivity contribution < 1.29 is 14.3 Å². The number of benzene rings is 1. The van der Waals surface area contributed by atoms with Crippen molar-refractivity contribution in [2.24, 2.45) is 0 Å². The molecule has 1 aliphatic heterocycles. The Labute approximate surface area is 119 Å². The largest absolute Gasteiger partial charge is 0.493 e. The van der Waals surface area contributed by atoms with Gasteiger partial charge in [-0.25, -0.2) is 0 Å². The smallest absolute Gasteiger partial charge is 0.260 e. The molecule has 1 aliphatic rings. The highest BCUT2D eigenvalue weighted by Gasteiger charge is 2.23. The molecule has 20 heavy (non-hydrogen) atoms. The third kappa shape index (κ3) is 3.42. The number of carbonyl (C=O) groups is 1. The summed E-state index contributed by atoms with van der Waals surface area (Å²) < 4.78 is 10.9. The first-order chi connectivity index (χ1) is 9.61. The van der Waals surface area contributed by atoms with E-state index in [0.29, 0.717) is 11.5 Å². The molecule has 0 aromatic heterocycles. The minimum Gasteiger partial charge on any atom is -0.493 e. The molecule has 0 saturated carbocycles. The predicted octanol–water partition coefficient (Wildman–Crippen LogP) is 1.20. The van der Waals surface area contributed by atoms with Crippen LogP contribution in [0.3, 0.4) is 0 Å². The second kappa shape index (κ2) is 6.61. The average Bonchev–Trinajstić information content (AvgIpc) is 2.46. The monoisotopic (exact) mass is 278 g/mol. The van der Waals surface area contributed by atoms with Crippen molar-refractivity contribution in [3.63, 3.8) is 0 Å². The Balaban J connectivity index is 1.96. The molecular weight excluding hydrogens is 256 g/mol. The molecule has 5 heteroatoms. The van der Waals surface area contributed by atoms with Gasteiger partial charge >= 0.3 is 0 Å². The molecule has 2 rings (SSSR count). The number of rotatable bonds is 4. The van der Waals surface area contributed by atoms with Crippen LogP contribution in [-0.4, -0.2) is 50.2 Å². The van der Waals surface area contributed by atoms with Gasteiger partial charge in [0.25, 0.3) is 5.91 Å². The minimum atomic E-state index is 0.0154. The number of nitrogens with zero attached hydrogens (tertiary/aromatic N) is 1. The molecule has 1 aromatic carbocycles. The van der Waals surface area contributed by atoms with Crippen LogP contribution in [-0.2, 0) is 4.79 Å². The standard InChI is InChI=1S/C15H22N2O3/c1-11-4-5-13(14(8-11)19-3)20-10-15(18)17-7-6-16-9-12(17)2/h4-5,8,12,16H,6-7,9-10H2,1-3H3/t12-/m1/s1. The third-order valence-electron chi connectivity index (χ3n) is 3.49. The summed E-state index contributed by atoms with van der Waals surface area (Å²) in [5, 5.41) is 3.26. The zero-order valence-corrected chi connectivity index (χ0v) is 12.3. The Morgan fingerprint density at radius 1 is 1.45 bits per heavy atom. The zero-order valence-electron chi connectivity index (χ0n) is 12.3. The molecular formula is C15H22N2O3. The number of hydrogen-bond acceptors (Lipinski definition) is 4. The topological polar surface area (TPSA) is 50.8 Å². The molecule has 5 nitrogen and oxygen atoms in total. The van der Waals surface area contributed by atoms with Gasteiger partial charge < -0.3 is 19.7 Å². The number of piperazine rings is 1. The van der Waals surface area contributed by atoms with Gasteiger partial charge in [-0.3, -0.25) is 4.79 Å². The van der Waals surface area contributed by atoms with Crippen molar-refractivity contribution in [3.8, 4) is 11.5 Å². The van der Waals surface area contributed by atoms with Crippen LogP contribution in [0.4, 0.5) is 0 Å². The summed E-state index contributed by atoms with van der Waals surface area (Å²) >= 11 is 0. The summed E-state index contributed by atoms with van der Waals surface area (Å²) in [6.07, 6.45) is 0. The van der Waals surface area contributed by atoms with Crippen molar-refractivity contribution in [1.82, 2.24) is 10.2 Å². The molecule has 0 radical (unpaired) electrons. The van der Waals surface area contributed by atoms with Crippen molar-refractivity contribution in [2.75, 3.05) is 33.4 Å². The molecule has 1 amide bonds. The second-order valence-corrected chi connectivity index (χ2v) is 5.08. The fourth-order valence-electron chi connectivity index (χ4n) is 2.33. The average molecular weight is 278 g/mol. The van der Waals surface area contributed by atoms with E-state index in [1.165, 1.54) is 0 Å². The predicted molar refractivity (Wildman–Crippen MR) is 77.3 cm³/mol. The quantitative estimate of drug-likeness (QED) is 0.899. The van der Waals surface area contributed by atoms with E-state index in [9.17, 15) is 4.79 Å². The van der Waals surface area contributed by atoms with E-state index in [1.807, 2.05) is 36.9 Å². The summed E-state index contributed by atoms with van der Waals surface area (Å²) in [5.41, 5.74) is 1.09. The SMILES string of the molecule is COc1cc(C)ccc1OCC(=O)N1CCNC[C@H]1C. The van der Waals surface area contributed by atoms with Crippen molar-refractivity contribution in [2.45, 2.75) is 19.9 Å². The van der Waals surface area contributed by atoms with E-state index in [0.717, 1.165) is 25.2 Å². The molecule has 110 valence electrons. The Morgan fingerprint density at radius 2 is 2.25 bits per heavy atom. The van der Waals surface area contributed by atoms with Gasteiger partial charge in [-0.1, -0.05) is 6.07 Å². The summed E-state index contributed by atoms with van der Waals surface area (Å²) in [6, 6.07) is 5.88. The molecule has 1 atom stereocenters. The van der Waals surface area contributed by atoms with Gasteiger partial charge in [0.2, 0.25) is 0 Å². The molecule has 0 spiro atoms. The minimum absolute atomic E-state index is 0.0154. The molecule has 1 N–H and O–H groups in total. The van der Waals surface area contributed by atoms with Gasteiger partial charge in [-0.2, -0.15) is 0 Å². The van der Waals surface area contributed by atoms with Crippen LogP contribution in [0.15, 0.2) is 18.2 Å². The lowest BCUT2D eigenvalue weighted by atomic mass is 10.2. The second-order valence-electron chi connectivity index (χ2n) is 5.08. The first kappa shape index (κ1) is 14.7. The van der Waals surface area contributed by atoms with E-state index >= 15 is 0 Å². The Morgan fingerprint density at radius 3 is 2.95 bits per heavy atom. The van der Waals surface area contributed by atoms with Crippen LogP contribution in [0.1, 0.15) is 12.5 Å². The van der Waals surface area contributed by atoms with Gasteiger partial charge in [0.15, 0.2) is 18.1 Å². The molecule has 1 aromatic rings. The van der Waals surface area contributed by atoms with Gasteiger partial charge in [0.1, 0.15) is 0 Å². The van der Waals surface area contributed by atoms with E-state index in [1.54, 1.807) is 7.11 Å². The van der Waals surface area contributed by atoms with Crippen LogP contribution in [0.25, 0.3) is 0 Å². The van der Waals surface area contributed by atoms with Gasteiger partial charge in [0.05, 0.1) is 7.11 Å². The van der Waals surface area contributed by atoms with Gasteiger partial charge in [-0.05, 0) is 31.5 Å². The molecule has 1 fully saturated rings. The van der Waals surface area contributed by atoms with E-state index in [-0.39, 0.29) is 18.6 Å². The van der Waals surface area contributed by atoms with Gasteiger partial charge in [-0.15, -0.1) is 0 Å². The van der Waals surface area contributed by atoms with Gasteiger partial charge in [0, 0.05) is 25.7 Å². The highest BCUT2D eigenvalue weighted by atomic mass is 16.5. The maximum absolute atomic E-state index is 12.2. The molecule has 1 heterocycles. The fourth-order valence-corrected chi connectivity index (χ4v) is 2.33. The Hall–Kier alpha value is -1.75. The summed E-state index contributed by atoms with van der Waals surface area (Å²) in [5.74, 6) is 1.28. The van der Waals surface area contributed by atoms with E-state index in [2.05, 4.69) is 5.32 Å². The maximum atomic E-state index is 12.2. The number of aryl methyl sites for hydroxylation is 1. The lowest BCUT2D eigenvalue weighted by molar-refractivity contribution is -0.136. The molecule has 1 saturated heterocycles. The maximum Gasteiger partial charge on any atom is 0.260 e. The normalized spacial score (nSPS) is 18.8. The summed E-state index contributed by atoms with van der Waals surface area (Å²) in [4.78, 5) is 14.0. The lowest BCUT2D eigenvalue weighted by Crippen LogP contribution is -2.53. The first-order valence-corrected chi connectivity index (χ1v) is 6.89. The summed E-state index contributed by atoms with van der Waals surface area (Å²) in [6.45, 7) is 6.47. The van der Waals surface area contributed by atoms with Crippen molar-refractivity contribution in [1.29, 1.82) is 0 Å². The van der Waals surface area contributed by atoms with Crippen LogP contribution < -0.4 is 14.8 Å². The lowest BCUT2D eigenvalue weighted by Gasteiger charge is -2.33. The van der Waals surface area contributed by atoms with Crippen LogP contribution in [0.2, 0.25) is 0 Å². The van der Waals surface area contributed by atoms with Crippen LogP contribution in [0.5, 0.6) is 11.5 Å².